The maximum atomic E-state index is 11.7. The van der Waals surface area contributed by atoms with Crippen molar-refractivity contribution in [3.05, 3.63) is 39.9 Å². The van der Waals surface area contributed by atoms with Gasteiger partial charge in [0.25, 0.3) is 0 Å². The fraction of sp³-hybridized carbons (Fsp3) is 0.400. The Morgan fingerprint density at radius 1 is 1.35 bits per heavy atom. The summed E-state index contributed by atoms with van der Waals surface area (Å²) in [4.78, 5) is 11.7. The highest BCUT2D eigenvalue weighted by molar-refractivity contribution is 6.37. The van der Waals surface area contributed by atoms with Crippen molar-refractivity contribution >= 4 is 35.2 Å². The van der Waals surface area contributed by atoms with Gasteiger partial charge in [0.2, 0.25) is 5.91 Å². The predicted molar refractivity (Wildman–Crippen MR) is 81.9 cm³/mol. The van der Waals surface area contributed by atoms with Gasteiger partial charge in [0, 0.05) is 34.1 Å². The first-order chi connectivity index (χ1) is 9.58. The van der Waals surface area contributed by atoms with Crippen LogP contribution in [-0.4, -0.2) is 23.7 Å². The lowest BCUT2D eigenvalue weighted by atomic mass is 10.1. The molecule has 2 unspecified atom stereocenters. The van der Waals surface area contributed by atoms with Crippen molar-refractivity contribution in [2.75, 3.05) is 6.54 Å². The Kier molecular flexibility index (Phi) is 5.46. The quantitative estimate of drug-likeness (QED) is 0.838. The summed E-state index contributed by atoms with van der Waals surface area (Å²) in [6, 6.07) is 5.20. The molecular weight excluding hydrogens is 297 g/mol. The van der Waals surface area contributed by atoms with E-state index in [4.69, 9.17) is 23.2 Å². The summed E-state index contributed by atoms with van der Waals surface area (Å²) in [7, 11) is 0. The van der Waals surface area contributed by atoms with E-state index < -0.39 is 0 Å². The lowest BCUT2D eigenvalue weighted by Gasteiger charge is -2.14. The summed E-state index contributed by atoms with van der Waals surface area (Å²) in [5.74, 6) is -0.0451. The van der Waals surface area contributed by atoms with E-state index in [1.165, 1.54) is 6.08 Å². The van der Waals surface area contributed by atoms with E-state index in [0.29, 0.717) is 22.2 Å². The van der Waals surface area contributed by atoms with Gasteiger partial charge in [-0.25, -0.2) is 0 Å². The standard InChI is InChI=1S/C15H17Cl2NO2/c16-12-4-2-5-13(17)11(12)7-8-15(20)18-9-10-3-1-6-14(10)19/h2,4-5,7-8,10,14,19H,1,3,6,9H2,(H,18,20). The van der Waals surface area contributed by atoms with Gasteiger partial charge in [-0.05, 0) is 31.1 Å². The number of hydrogen-bond acceptors (Lipinski definition) is 2. The van der Waals surface area contributed by atoms with E-state index in [0.717, 1.165) is 19.3 Å². The molecule has 0 aromatic heterocycles. The van der Waals surface area contributed by atoms with Crippen molar-refractivity contribution in [1.29, 1.82) is 0 Å². The van der Waals surface area contributed by atoms with Crippen LogP contribution in [-0.2, 0) is 4.79 Å². The third-order valence-electron chi connectivity index (χ3n) is 3.56. The fourth-order valence-corrected chi connectivity index (χ4v) is 2.90. The fourth-order valence-electron chi connectivity index (χ4n) is 2.37. The van der Waals surface area contributed by atoms with Gasteiger partial charge in [0.05, 0.1) is 6.10 Å². The number of aliphatic hydroxyl groups excluding tert-OH is 1. The van der Waals surface area contributed by atoms with Crippen molar-refractivity contribution in [1.82, 2.24) is 5.32 Å². The minimum absolute atomic E-state index is 0.163. The van der Waals surface area contributed by atoms with Crippen molar-refractivity contribution < 1.29 is 9.90 Å². The zero-order valence-corrected chi connectivity index (χ0v) is 12.5. The van der Waals surface area contributed by atoms with Crippen LogP contribution in [0.1, 0.15) is 24.8 Å². The van der Waals surface area contributed by atoms with Crippen LogP contribution in [0.2, 0.25) is 10.0 Å². The molecule has 2 atom stereocenters. The van der Waals surface area contributed by atoms with Gasteiger partial charge in [0.15, 0.2) is 0 Å². The molecule has 0 aliphatic heterocycles. The highest BCUT2D eigenvalue weighted by atomic mass is 35.5. The molecule has 0 bridgehead atoms. The molecule has 3 nitrogen and oxygen atoms in total. The van der Waals surface area contributed by atoms with Gasteiger partial charge >= 0.3 is 0 Å². The van der Waals surface area contributed by atoms with E-state index in [1.807, 2.05) is 0 Å². The van der Waals surface area contributed by atoms with Crippen LogP contribution >= 0.6 is 23.2 Å². The summed E-state index contributed by atoms with van der Waals surface area (Å²) in [5, 5.41) is 13.5. The molecule has 1 fully saturated rings. The molecule has 5 heteroatoms. The normalized spacial score (nSPS) is 22.4. The Morgan fingerprint density at radius 3 is 2.65 bits per heavy atom. The van der Waals surface area contributed by atoms with E-state index in [1.54, 1.807) is 24.3 Å². The molecule has 1 saturated carbocycles. The number of benzene rings is 1. The number of aliphatic hydroxyl groups is 1. The minimum Gasteiger partial charge on any atom is -0.393 e. The lowest BCUT2D eigenvalue weighted by Crippen LogP contribution is -2.31. The van der Waals surface area contributed by atoms with E-state index in [2.05, 4.69) is 5.32 Å². The number of amides is 1. The Hall–Kier alpha value is -1.03. The van der Waals surface area contributed by atoms with Crippen LogP contribution in [0.15, 0.2) is 24.3 Å². The molecule has 0 saturated heterocycles. The smallest absolute Gasteiger partial charge is 0.244 e. The largest absolute Gasteiger partial charge is 0.393 e. The molecule has 1 aromatic rings. The summed E-state index contributed by atoms with van der Waals surface area (Å²) >= 11 is 12.0. The number of nitrogens with one attached hydrogen (secondary N) is 1. The average molecular weight is 314 g/mol. The molecule has 108 valence electrons. The first-order valence-corrected chi connectivity index (χ1v) is 7.41. The minimum atomic E-state index is -0.294. The van der Waals surface area contributed by atoms with Gasteiger partial charge in [0.1, 0.15) is 0 Å². The first kappa shape index (κ1) is 15.4. The molecule has 0 heterocycles. The highest BCUT2D eigenvalue weighted by Gasteiger charge is 2.24. The van der Waals surface area contributed by atoms with Gasteiger partial charge < -0.3 is 10.4 Å². The Balaban J connectivity index is 1.89. The number of hydrogen-bond donors (Lipinski definition) is 2. The second-order valence-corrected chi connectivity index (χ2v) is 5.79. The molecule has 1 aliphatic carbocycles. The molecule has 0 radical (unpaired) electrons. The summed E-state index contributed by atoms with van der Waals surface area (Å²) < 4.78 is 0. The molecule has 2 rings (SSSR count). The van der Waals surface area contributed by atoms with Gasteiger partial charge in [-0.1, -0.05) is 35.7 Å². The molecular formula is C15H17Cl2NO2. The average Bonchev–Trinajstić information content (AvgIpc) is 2.81. The lowest BCUT2D eigenvalue weighted by molar-refractivity contribution is -0.116. The number of halogens is 2. The SMILES string of the molecule is O=C(C=Cc1c(Cl)cccc1Cl)NCC1CCCC1O. The summed E-state index contributed by atoms with van der Waals surface area (Å²) in [5.41, 5.74) is 0.631. The van der Waals surface area contributed by atoms with Gasteiger partial charge in [-0.2, -0.15) is 0 Å². The second kappa shape index (κ2) is 7.11. The molecule has 0 spiro atoms. The number of carbonyl (C=O) groups is 1. The van der Waals surface area contributed by atoms with Crippen LogP contribution in [0.3, 0.4) is 0 Å². The van der Waals surface area contributed by atoms with Crippen LogP contribution in [0.4, 0.5) is 0 Å². The summed E-state index contributed by atoms with van der Waals surface area (Å²) in [6.07, 6.45) is 5.52. The molecule has 1 aliphatic rings. The molecule has 2 N–H and O–H groups in total. The number of rotatable bonds is 4. The topological polar surface area (TPSA) is 49.3 Å². The van der Waals surface area contributed by atoms with E-state index in [-0.39, 0.29) is 17.9 Å². The zero-order valence-electron chi connectivity index (χ0n) is 11.0. The maximum absolute atomic E-state index is 11.7. The summed E-state index contributed by atoms with van der Waals surface area (Å²) in [6.45, 7) is 0.501. The van der Waals surface area contributed by atoms with Crippen molar-refractivity contribution in [2.24, 2.45) is 5.92 Å². The maximum Gasteiger partial charge on any atom is 0.244 e. The molecule has 1 aromatic carbocycles. The zero-order chi connectivity index (χ0) is 14.5. The first-order valence-electron chi connectivity index (χ1n) is 6.66. The van der Waals surface area contributed by atoms with Crippen LogP contribution < -0.4 is 5.32 Å². The van der Waals surface area contributed by atoms with Crippen LogP contribution in [0.25, 0.3) is 6.08 Å². The van der Waals surface area contributed by atoms with E-state index in [9.17, 15) is 9.90 Å². The van der Waals surface area contributed by atoms with Crippen molar-refractivity contribution in [2.45, 2.75) is 25.4 Å². The third kappa shape index (κ3) is 3.98. The number of carbonyl (C=O) groups excluding carboxylic acids is 1. The third-order valence-corrected chi connectivity index (χ3v) is 4.22. The van der Waals surface area contributed by atoms with Crippen LogP contribution in [0.5, 0.6) is 0 Å². The Morgan fingerprint density at radius 2 is 2.05 bits per heavy atom. The van der Waals surface area contributed by atoms with Gasteiger partial charge in [-0.15, -0.1) is 0 Å². The van der Waals surface area contributed by atoms with Crippen molar-refractivity contribution in [3.8, 4) is 0 Å². The Bertz CT molecular complexity index is 496. The predicted octanol–water partition coefficient (Wildman–Crippen LogP) is 3.28. The van der Waals surface area contributed by atoms with Crippen molar-refractivity contribution in [3.63, 3.8) is 0 Å². The molecule has 1 amide bonds. The highest BCUT2D eigenvalue weighted by Crippen LogP contribution is 2.26. The Labute approximate surface area is 128 Å². The van der Waals surface area contributed by atoms with E-state index >= 15 is 0 Å². The van der Waals surface area contributed by atoms with Crippen LogP contribution in [0, 0.1) is 5.92 Å². The second-order valence-electron chi connectivity index (χ2n) is 4.97. The van der Waals surface area contributed by atoms with Gasteiger partial charge in [-0.3, -0.25) is 4.79 Å². The molecule has 20 heavy (non-hydrogen) atoms. The monoisotopic (exact) mass is 313 g/mol.